The minimum absolute atomic E-state index is 0. The van der Waals surface area contributed by atoms with Crippen LogP contribution >= 0.6 is 0 Å². The van der Waals surface area contributed by atoms with E-state index in [0.717, 1.165) is 0 Å². The molecule has 0 heterocycles. The number of rotatable bonds is 4. The molecule has 6 nitrogen and oxygen atoms in total. The molecular formula is C5H10Na2O6S. The zero-order valence-electron chi connectivity index (χ0n) is 8.30. The molecule has 0 spiro atoms. The van der Waals surface area contributed by atoms with E-state index in [2.05, 4.69) is 6.58 Å². The van der Waals surface area contributed by atoms with E-state index < -0.39 is 10.4 Å². The van der Waals surface area contributed by atoms with Crippen LogP contribution in [0.15, 0.2) is 12.7 Å². The topological polar surface area (TPSA) is 110 Å². The van der Waals surface area contributed by atoms with Crippen LogP contribution in [0.4, 0.5) is 0 Å². The molecule has 0 fully saturated rings. The van der Waals surface area contributed by atoms with Crippen LogP contribution in [0.2, 0.25) is 0 Å². The molecule has 0 rings (SSSR count). The summed E-state index contributed by atoms with van der Waals surface area (Å²) in [4.78, 5) is 0. The van der Waals surface area contributed by atoms with E-state index in [1.165, 1.54) is 0 Å². The van der Waals surface area contributed by atoms with Gasteiger partial charge in [-0.3, -0.25) is 8.42 Å². The largest absolute Gasteiger partial charge is 1.00 e. The van der Waals surface area contributed by atoms with Gasteiger partial charge in [-0.1, -0.05) is 6.08 Å². The predicted octanol–water partition coefficient (Wildman–Crippen LogP) is -7.15. The van der Waals surface area contributed by atoms with Gasteiger partial charge in [0.15, 0.2) is 0 Å². The fourth-order valence-electron chi connectivity index (χ4n) is 0.231. The molecule has 0 aliphatic heterocycles. The number of hydrogen-bond acceptors (Lipinski definition) is 6. The minimum Gasteiger partial charge on any atom is -0.759 e. The molecular weight excluding hydrogens is 234 g/mol. The predicted molar refractivity (Wildman–Crippen MR) is 38.6 cm³/mol. The molecule has 74 valence electrons. The van der Waals surface area contributed by atoms with E-state index in [1.807, 2.05) is 0 Å². The number of aliphatic hydroxyl groups excluding tert-OH is 1. The van der Waals surface area contributed by atoms with Crippen molar-refractivity contribution in [2.24, 2.45) is 0 Å². The second kappa shape index (κ2) is 16.9. The normalized spacial score (nSPS) is 8.50. The Morgan fingerprint density at radius 3 is 1.93 bits per heavy atom. The van der Waals surface area contributed by atoms with Crippen LogP contribution in [0.25, 0.3) is 0 Å². The van der Waals surface area contributed by atoms with Gasteiger partial charge >= 0.3 is 59.1 Å². The van der Waals surface area contributed by atoms with Crippen LogP contribution in [0.1, 0.15) is 0 Å². The van der Waals surface area contributed by atoms with Gasteiger partial charge in [0.05, 0.1) is 19.8 Å². The van der Waals surface area contributed by atoms with Crippen LogP contribution in [0.5, 0.6) is 0 Å². The molecule has 1 N–H and O–H groups in total. The van der Waals surface area contributed by atoms with Crippen LogP contribution in [-0.2, 0) is 15.1 Å². The van der Waals surface area contributed by atoms with Gasteiger partial charge in [-0.2, -0.15) is 0 Å². The Kier molecular flexibility index (Phi) is 29.8. The third kappa shape index (κ3) is 69.5. The molecule has 0 amide bonds. The van der Waals surface area contributed by atoms with Crippen molar-refractivity contribution in [1.29, 1.82) is 0 Å². The van der Waals surface area contributed by atoms with Crippen molar-refractivity contribution in [2.45, 2.75) is 0 Å². The van der Waals surface area contributed by atoms with E-state index >= 15 is 0 Å². The van der Waals surface area contributed by atoms with Crippen molar-refractivity contribution in [3.8, 4) is 0 Å². The Morgan fingerprint density at radius 2 is 1.71 bits per heavy atom. The molecule has 0 radical (unpaired) electrons. The molecule has 14 heavy (non-hydrogen) atoms. The summed E-state index contributed by atoms with van der Waals surface area (Å²) in [6.45, 7) is 4.45. The zero-order chi connectivity index (χ0) is 10.0. The summed E-state index contributed by atoms with van der Waals surface area (Å²) in [5.41, 5.74) is 0. The number of ether oxygens (including phenoxy) is 1. The van der Waals surface area contributed by atoms with Crippen LogP contribution in [0.3, 0.4) is 0 Å². The quantitative estimate of drug-likeness (QED) is 0.173. The summed E-state index contributed by atoms with van der Waals surface area (Å²) in [7, 11) is -5.17. The Morgan fingerprint density at radius 1 is 1.36 bits per heavy atom. The third-order valence-electron chi connectivity index (χ3n) is 0.471. The average molecular weight is 244 g/mol. The third-order valence-corrected chi connectivity index (χ3v) is 0.471. The van der Waals surface area contributed by atoms with Crippen molar-refractivity contribution < 1.29 is 86.5 Å². The van der Waals surface area contributed by atoms with E-state index in [9.17, 15) is 0 Å². The van der Waals surface area contributed by atoms with Gasteiger partial charge in [0.2, 0.25) is 0 Å². The van der Waals surface area contributed by atoms with Gasteiger partial charge in [0.25, 0.3) is 0 Å². The van der Waals surface area contributed by atoms with Gasteiger partial charge in [0, 0.05) is 10.4 Å². The van der Waals surface area contributed by atoms with Gasteiger partial charge in [-0.15, -0.1) is 6.58 Å². The molecule has 0 aliphatic carbocycles. The van der Waals surface area contributed by atoms with Crippen molar-refractivity contribution in [1.82, 2.24) is 0 Å². The first kappa shape index (κ1) is 24.7. The van der Waals surface area contributed by atoms with Gasteiger partial charge in [-0.05, 0) is 0 Å². The maximum Gasteiger partial charge on any atom is 1.00 e. The molecule has 0 unspecified atom stereocenters. The van der Waals surface area contributed by atoms with Crippen molar-refractivity contribution >= 4 is 10.4 Å². The Bertz CT molecular complexity index is 184. The molecule has 0 saturated carbocycles. The molecule has 0 aliphatic rings. The van der Waals surface area contributed by atoms with E-state index in [0.29, 0.717) is 13.2 Å². The summed E-state index contributed by atoms with van der Waals surface area (Å²) in [5, 5.41) is 8.13. The molecule has 0 bridgehead atoms. The van der Waals surface area contributed by atoms with E-state index in [-0.39, 0.29) is 65.7 Å². The summed E-state index contributed by atoms with van der Waals surface area (Å²) in [6.07, 6.45) is 1.65. The number of hydrogen-bond donors (Lipinski definition) is 1. The van der Waals surface area contributed by atoms with E-state index in [4.69, 9.17) is 27.4 Å². The standard InChI is InChI=1S/C5H10O2.2Na.H2O4S/c1-2-4-7-5-3-6;;;1-5(2,3)4/h2,6H,1,3-5H2;;;(H2,1,2,3,4)/q;2*+1;/p-2. The summed E-state index contributed by atoms with van der Waals surface area (Å²) < 4.78 is 38.8. The summed E-state index contributed by atoms with van der Waals surface area (Å²) in [6, 6.07) is 0. The maximum atomic E-state index is 8.52. The molecule has 0 atom stereocenters. The number of aliphatic hydroxyl groups is 1. The smallest absolute Gasteiger partial charge is 0.759 e. The summed E-state index contributed by atoms with van der Waals surface area (Å²) in [5.74, 6) is 0. The second-order valence-electron chi connectivity index (χ2n) is 1.50. The molecule has 9 heteroatoms. The first-order valence-electron chi connectivity index (χ1n) is 2.88. The minimum atomic E-state index is -5.17. The maximum absolute atomic E-state index is 8.52. The Labute approximate surface area is 128 Å². The molecule has 0 saturated heterocycles. The average Bonchev–Trinajstić information content (AvgIpc) is 1.85. The second-order valence-corrected chi connectivity index (χ2v) is 2.31. The Hall–Kier alpha value is 1.53. The van der Waals surface area contributed by atoms with Crippen LogP contribution < -0.4 is 59.1 Å². The SMILES string of the molecule is C=CCOCCO.O=S(=O)([O-])[O-].[Na+].[Na+]. The Balaban J connectivity index is -0.0000000651. The fourth-order valence-corrected chi connectivity index (χ4v) is 0.231. The summed E-state index contributed by atoms with van der Waals surface area (Å²) >= 11 is 0. The first-order valence-corrected chi connectivity index (χ1v) is 4.21. The van der Waals surface area contributed by atoms with Crippen LogP contribution in [0, 0.1) is 0 Å². The molecule has 0 aromatic rings. The monoisotopic (exact) mass is 244 g/mol. The molecule has 0 aromatic heterocycles. The molecule has 0 aromatic carbocycles. The zero-order valence-corrected chi connectivity index (χ0v) is 13.1. The van der Waals surface area contributed by atoms with Gasteiger partial charge in [-0.25, -0.2) is 0 Å². The van der Waals surface area contributed by atoms with Gasteiger partial charge < -0.3 is 18.9 Å². The fraction of sp³-hybridized carbons (Fsp3) is 0.600. The first-order chi connectivity index (χ1) is 5.41. The van der Waals surface area contributed by atoms with Crippen molar-refractivity contribution in [3.05, 3.63) is 12.7 Å². The van der Waals surface area contributed by atoms with Crippen molar-refractivity contribution in [3.63, 3.8) is 0 Å². The van der Waals surface area contributed by atoms with Gasteiger partial charge in [0.1, 0.15) is 0 Å². The van der Waals surface area contributed by atoms with E-state index in [1.54, 1.807) is 6.08 Å². The van der Waals surface area contributed by atoms with Crippen LogP contribution in [-0.4, -0.2) is 42.5 Å². The van der Waals surface area contributed by atoms with Crippen molar-refractivity contribution in [2.75, 3.05) is 19.8 Å².